The summed E-state index contributed by atoms with van der Waals surface area (Å²) in [7, 11) is -2.54. The maximum Gasteiger partial charge on any atom is 0.271 e. The summed E-state index contributed by atoms with van der Waals surface area (Å²) >= 11 is 0. The van der Waals surface area contributed by atoms with Crippen molar-refractivity contribution in [3.05, 3.63) is 28.3 Å². The lowest BCUT2D eigenvalue weighted by Gasteiger charge is -2.23. The third-order valence-electron chi connectivity index (χ3n) is 3.31. The Kier molecular flexibility index (Phi) is 6.54. The highest BCUT2D eigenvalue weighted by atomic mass is 35.5. The van der Waals surface area contributed by atoms with Crippen LogP contribution >= 0.6 is 12.4 Å². The highest BCUT2D eigenvalue weighted by Crippen LogP contribution is 2.28. The maximum absolute atomic E-state index is 12.4. The zero-order valence-corrected chi connectivity index (χ0v) is 13.6. The Labute approximate surface area is 134 Å². The van der Waals surface area contributed by atoms with E-state index in [1.54, 1.807) is 0 Å². The van der Waals surface area contributed by atoms with E-state index in [0.717, 1.165) is 19.2 Å². The maximum atomic E-state index is 12.4. The number of nitro groups is 1. The molecule has 0 atom stereocenters. The Hall–Kier alpha value is -1.42. The molecule has 1 aromatic rings. The highest BCUT2D eigenvalue weighted by molar-refractivity contribution is 7.89. The summed E-state index contributed by atoms with van der Waals surface area (Å²) in [4.78, 5) is 9.96. The molecule has 1 saturated heterocycles. The first-order valence-corrected chi connectivity index (χ1v) is 7.98. The Morgan fingerprint density at radius 2 is 2.00 bits per heavy atom. The average molecular weight is 352 g/mol. The molecule has 0 spiro atoms. The summed E-state index contributed by atoms with van der Waals surface area (Å²) in [5.74, 6) is 0.0852. The molecule has 1 heterocycles. The van der Waals surface area contributed by atoms with Gasteiger partial charge in [-0.05, 0) is 32.0 Å². The summed E-state index contributed by atoms with van der Waals surface area (Å²) in [5, 5.41) is 13.9. The molecular formula is C12H18ClN3O5S. The van der Waals surface area contributed by atoms with Gasteiger partial charge in [-0.2, -0.15) is 0 Å². The molecule has 124 valence electrons. The van der Waals surface area contributed by atoms with E-state index in [2.05, 4.69) is 10.0 Å². The predicted octanol–water partition coefficient (Wildman–Crippen LogP) is 1.06. The molecule has 2 N–H and O–H groups in total. The largest absolute Gasteiger partial charge is 0.495 e. The number of methoxy groups -OCH3 is 1. The summed E-state index contributed by atoms with van der Waals surface area (Å²) in [6, 6.07) is 3.33. The second-order valence-electron chi connectivity index (χ2n) is 4.74. The van der Waals surface area contributed by atoms with E-state index in [9.17, 15) is 18.5 Å². The molecule has 0 aromatic heterocycles. The van der Waals surface area contributed by atoms with Crippen molar-refractivity contribution in [2.75, 3.05) is 20.2 Å². The number of hydrogen-bond acceptors (Lipinski definition) is 6. The number of piperidine rings is 1. The summed E-state index contributed by atoms with van der Waals surface area (Å²) in [6.07, 6.45) is 1.35. The first-order chi connectivity index (χ1) is 9.94. The van der Waals surface area contributed by atoms with Crippen LogP contribution in [0.2, 0.25) is 0 Å². The zero-order valence-electron chi connectivity index (χ0n) is 11.9. The van der Waals surface area contributed by atoms with Gasteiger partial charge in [-0.1, -0.05) is 0 Å². The summed E-state index contributed by atoms with van der Waals surface area (Å²) in [5.41, 5.74) is -0.290. The minimum Gasteiger partial charge on any atom is -0.495 e. The van der Waals surface area contributed by atoms with Crippen LogP contribution in [0.5, 0.6) is 5.75 Å². The zero-order chi connectivity index (χ0) is 15.5. The number of rotatable bonds is 5. The molecule has 1 aliphatic heterocycles. The van der Waals surface area contributed by atoms with E-state index in [0.29, 0.717) is 12.8 Å². The molecule has 0 saturated carbocycles. The highest BCUT2D eigenvalue weighted by Gasteiger charge is 2.26. The van der Waals surface area contributed by atoms with Crippen molar-refractivity contribution in [1.82, 2.24) is 10.0 Å². The molecule has 0 radical (unpaired) electrons. The van der Waals surface area contributed by atoms with Crippen LogP contribution in [0.15, 0.2) is 23.1 Å². The number of non-ortho nitro benzene ring substituents is 1. The van der Waals surface area contributed by atoms with Crippen molar-refractivity contribution < 1.29 is 18.1 Å². The van der Waals surface area contributed by atoms with E-state index < -0.39 is 14.9 Å². The molecule has 22 heavy (non-hydrogen) atoms. The molecule has 0 bridgehead atoms. The van der Waals surface area contributed by atoms with Crippen LogP contribution in [0.3, 0.4) is 0 Å². The normalized spacial score (nSPS) is 15.9. The number of nitrogens with one attached hydrogen (secondary N) is 2. The fraction of sp³-hybridized carbons (Fsp3) is 0.500. The second kappa shape index (κ2) is 7.73. The molecule has 1 fully saturated rings. The van der Waals surface area contributed by atoms with E-state index in [4.69, 9.17) is 4.74 Å². The molecule has 8 nitrogen and oxygen atoms in total. The molecule has 0 amide bonds. The lowest BCUT2D eigenvalue weighted by Crippen LogP contribution is -2.42. The SMILES string of the molecule is COc1ccc([N+](=O)[O-])cc1S(=O)(=O)NC1CCNCC1.Cl. The van der Waals surface area contributed by atoms with Crippen LogP contribution in [-0.2, 0) is 10.0 Å². The minimum absolute atomic E-state index is 0. The van der Waals surface area contributed by atoms with Gasteiger partial charge in [0.15, 0.2) is 0 Å². The van der Waals surface area contributed by atoms with Crippen LogP contribution < -0.4 is 14.8 Å². The lowest BCUT2D eigenvalue weighted by molar-refractivity contribution is -0.385. The third kappa shape index (κ3) is 4.29. The topological polar surface area (TPSA) is 111 Å². The quantitative estimate of drug-likeness (QED) is 0.606. The van der Waals surface area contributed by atoms with Crippen molar-refractivity contribution >= 4 is 28.1 Å². The molecule has 0 aliphatic carbocycles. The van der Waals surface area contributed by atoms with Crippen LogP contribution in [0, 0.1) is 10.1 Å². The number of sulfonamides is 1. The standard InChI is InChI=1S/C12H17N3O5S.ClH/c1-20-11-3-2-10(15(16)17)8-12(11)21(18,19)14-9-4-6-13-7-5-9;/h2-3,8-9,13-14H,4-7H2,1H3;1H. The van der Waals surface area contributed by atoms with Gasteiger partial charge in [0.05, 0.1) is 12.0 Å². The Morgan fingerprint density at radius 1 is 1.36 bits per heavy atom. The van der Waals surface area contributed by atoms with Gasteiger partial charge in [-0.25, -0.2) is 13.1 Å². The van der Waals surface area contributed by atoms with Crippen molar-refractivity contribution in [2.45, 2.75) is 23.8 Å². The Balaban J connectivity index is 0.00000242. The number of hydrogen-bond donors (Lipinski definition) is 2. The van der Waals surface area contributed by atoms with Crippen LogP contribution in [0.25, 0.3) is 0 Å². The molecule has 1 aromatic carbocycles. The molecule has 1 aliphatic rings. The van der Waals surface area contributed by atoms with Gasteiger partial charge in [0.1, 0.15) is 10.6 Å². The van der Waals surface area contributed by atoms with E-state index >= 15 is 0 Å². The van der Waals surface area contributed by atoms with Crippen molar-refractivity contribution in [3.63, 3.8) is 0 Å². The Bertz CT molecular complexity index is 632. The first-order valence-electron chi connectivity index (χ1n) is 6.49. The monoisotopic (exact) mass is 351 g/mol. The van der Waals surface area contributed by atoms with Gasteiger partial charge in [0.2, 0.25) is 10.0 Å². The van der Waals surface area contributed by atoms with Gasteiger partial charge in [-0.3, -0.25) is 10.1 Å². The van der Waals surface area contributed by atoms with Crippen molar-refractivity contribution in [3.8, 4) is 5.75 Å². The van der Waals surface area contributed by atoms with Gasteiger partial charge in [-0.15, -0.1) is 12.4 Å². The Morgan fingerprint density at radius 3 is 2.55 bits per heavy atom. The summed E-state index contributed by atoms with van der Waals surface area (Å²) in [6.45, 7) is 1.47. The van der Waals surface area contributed by atoms with Crippen LogP contribution in [-0.4, -0.2) is 39.6 Å². The lowest BCUT2D eigenvalue weighted by atomic mass is 10.1. The predicted molar refractivity (Wildman–Crippen MR) is 83.1 cm³/mol. The van der Waals surface area contributed by atoms with Gasteiger partial charge in [0.25, 0.3) is 5.69 Å². The fourth-order valence-electron chi connectivity index (χ4n) is 2.21. The summed E-state index contributed by atoms with van der Waals surface area (Å²) < 4.78 is 32.4. The molecule has 0 unspecified atom stereocenters. The van der Waals surface area contributed by atoms with Gasteiger partial charge >= 0.3 is 0 Å². The number of nitrogens with zero attached hydrogens (tertiary/aromatic N) is 1. The van der Waals surface area contributed by atoms with Gasteiger partial charge in [0, 0.05) is 18.2 Å². The second-order valence-corrected chi connectivity index (χ2v) is 6.42. The third-order valence-corrected chi connectivity index (χ3v) is 4.85. The van der Waals surface area contributed by atoms with Crippen molar-refractivity contribution in [2.24, 2.45) is 0 Å². The number of ether oxygens (including phenoxy) is 1. The van der Waals surface area contributed by atoms with Crippen LogP contribution in [0.1, 0.15) is 12.8 Å². The molecule has 10 heteroatoms. The molecule has 2 rings (SSSR count). The number of halogens is 1. The molecular weight excluding hydrogens is 334 g/mol. The van der Waals surface area contributed by atoms with E-state index in [1.807, 2.05) is 0 Å². The minimum atomic E-state index is -3.87. The number of nitro benzene ring substituents is 1. The smallest absolute Gasteiger partial charge is 0.271 e. The van der Waals surface area contributed by atoms with E-state index in [1.165, 1.54) is 19.2 Å². The average Bonchev–Trinajstić information content (AvgIpc) is 2.47. The van der Waals surface area contributed by atoms with Crippen molar-refractivity contribution in [1.29, 1.82) is 0 Å². The number of benzene rings is 1. The first kappa shape index (κ1) is 18.6. The van der Waals surface area contributed by atoms with Gasteiger partial charge < -0.3 is 10.1 Å². The van der Waals surface area contributed by atoms with E-state index in [-0.39, 0.29) is 34.8 Å². The fourth-order valence-corrected chi connectivity index (χ4v) is 3.71. The van der Waals surface area contributed by atoms with Crippen LogP contribution in [0.4, 0.5) is 5.69 Å².